The first kappa shape index (κ1) is 20.1. The molecule has 3 heterocycles. The summed E-state index contributed by atoms with van der Waals surface area (Å²) in [6.45, 7) is 7.04. The molecule has 0 spiro atoms. The summed E-state index contributed by atoms with van der Waals surface area (Å²) >= 11 is 0. The van der Waals surface area contributed by atoms with Gasteiger partial charge in [0.25, 0.3) is 5.91 Å². The molecule has 2 fully saturated rings. The average Bonchev–Trinajstić information content (AvgIpc) is 2.89. The lowest BCUT2D eigenvalue weighted by molar-refractivity contribution is -0.130. The molecule has 0 bridgehead atoms. The number of carbonyl (C=O) groups is 3. The molecule has 2 aliphatic heterocycles. The Morgan fingerprint density at radius 3 is 2.64 bits per heavy atom. The van der Waals surface area contributed by atoms with Gasteiger partial charge in [0.1, 0.15) is 11.4 Å². The van der Waals surface area contributed by atoms with E-state index in [1.807, 2.05) is 12.1 Å². The van der Waals surface area contributed by atoms with E-state index < -0.39 is 11.6 Å². The summed E-state index contributed by atoms with van der Waals surface area (Å²) in [5.74, 6) is 0.530. The highest BCUT2D eigenvalue weighted by atomic mass is 16.5. The minimum atomic E-state index is -0.875. The van der Waals surface area contributed by atoms with Crippen LogP contribution in [0.4, 0.5) is 10.6 Å². The number of carbonyl (C=O) groups excluding carboxylic acids is 3. The van der Waals surface area contributed by atoms with Gasteiger partial charge in [0.15, 0.2) is 0 Å². The molecule has 1 aromatic rings. The molecule has 28 heavy (non-hydrogen) atoms. The third-order valence-corrected chi connectivity index (χ3v) is 4.86. The second-order valence-electron chi connectivity index (χ2n) is 7.52. The molecule has 4 amide bonds. The lowest BCUT2D eigenvalue weighted by Crippen LogP contribution is -2.40. The maximum absolute atomic E-state index is 12.1. The van der Waals surface area contributed by atoms with E-state index in [2.05, 4.69) is 20.5 Å². The number of hydrogen-bond acceptors (Lipinski definition) is 6. The zero-order valence-electron chi connectivity index (χ0n) is 16.4. The minimum Gasteiger partial charge on any atom is -0.378 e. The van der Waals surface area contributed by atoms with E-state index in [0.29, 0.717) is 26.2 Å². The lowest BCUT2D eigenvalue weighted by atomic mass is 10.1. The van der Waals surface area contributed by atoms with Gasteiger partial charge in [-0.3, -0.25) is 14.5 Å². The van der Waals surface area contributed by atoms with E-state index in [0.717, 1.165) is 24.5 Å². The number of nitrogens with zero attached hydrogens (tertiary/aromatic N) is 3. The number of morpholine rings is 1. The molecule has 0 radical (unpaired) electrons. The third-order valence-electron chi connectivity index (χ3n) is 4.86. The molecular formula is C19H27N5O4. The summed E-state index contributed by atoms with van der Waals surface area (Å²) < 4.78 is 5.34. The van der Waals surface area contributed by atoms with Crippen molar-refractivity contribution in [1.82, 2.24) is 20.5 Å². The molecule has 0 aliphatic carbocycles. The summed E-state index contributed by atoms with van der Waals surface area (Å²) in [6, 6.07) is 3.50. The number of amides is 4. The highest BCUT2D eigenvalue weighted by Crippen LogP contribution is 2.17. The normalized spacial score (nSPS) is 18.9. The molecule has 152 valence electrons. The number of nitrogens with one attached hydrogen (secondary N) is 2. The van der Waals surface area contributed by atoms with Crippen LogP contribution in [-0.2, 0) is 20.9 Å². The molecule has 0 saturated carbocycles. The summed E-state index contributed by atoms with van der Waals surface area (Å²) in [6.07, 6.45) is 2.44. The fraction of sp³-hybridized carbons (Fsp3) is 0.579. The Balaban J connectivity index is 1.38. The third kappa shape index (κ3) is 4.78. The standard InChI is InChI=1S/C19H27N5O4/c1-19(2)17(26)24(18(27)22-19)7-3-4-16(25)21-13-14-5-6-15(20-12-14)23-8-10-28-11-9-23/h5-6,12H,3-4,7-11,13H2,1-2H3,(H,21,25)(H,22,27). The van der Waals surface area contributed by atoms with E-state index in [-0.39, 0.29) is 24.8 Å². The van der Waals surface area contributed by atoms with Crippen LogP contribution in [0.5, 0.6) is 0 Å². The van der Waals surface area contributed by atoms with Crippen molar-refractivity contribution in [3.63, 3.8) is 0 Å². The summed E-state index contributed by atoms with van der Waals surface area (Å²) in [7, 11) is 0. The second-order valence-corrected chi connectivity index (χ2v) is 7.52. The maximum atomic E-state index is 12.1. The van der Waals surface area contributed by atoms with Crippen molar-refractivity contribution in [2.24, 2.45) is 0 Å². The molecule has 9 heteroatoms. The van der Waals surface area contributed by atoms with E-state index in [4.69, 9.17) is 4.74 Å². The molecule has 3 rings (SSSR count). The number of pyridine rings is 1. The number of rotatable bonds is 7. The number of aromatic nitrogens is 1. The van der Waals surface area contributed by atoms with Crippen LogP contribution in [0.3, 0.4) is 0 Å². The van der Waals surface area contributed by atoms with Crippen molar-refractivity contribution in [2.45, 2.75) is 38.8 Å². The number of imide groups is 1. The highest BCUT2D eigenvalue weighted by molar-refractivity contribution is 6.06. The van der Waals surface area contributed by atoms with Gasteiger partial charge in [0.2, 0.25) is 5.91 Å². The van der Waals surface area contributed by atoms with Gasteiger partial charge in [0.05, 0.1) is 13.2 Å². The van der Waals surface area contributed by atoms with E-state index in [9.17, 15) is 14.4 Å². The Morgan fingerprint density at radius 2 is 2.04 bits per heavy atom. The predicted octanol–water partition coefficient (Wildman–Crippen LogP) is 0.645. The number of ether oxygens (including phenoxy) is 1. The fourth-order valence-corrected chi connectivity index (χ4v) is 3.21. The first-order valence-electron chi connectivity index (χ1n) is 9.55. The number of urea groups is 1. The first-order chi connectivity index (χ1) is 13.4. The zero-order chi connectivity index (χ0) is 20.1. The maximum Gasteiger partial charge on any atom is 0.325 e. The van der Waals surface area contributed by atoms with Crippen molar-refractivity contribution in [3.05, 3.63) is 23.9 Å². The minimum absolute atomic E-state index is 0.122. The van der Waals surface area contributed by atoms with Gasteiger partial charge in [-0.05, 0) is 31.9 Å². The van der Waals surface area contributed by atoms with Crippen LogP contribution >= 0.6 is 0 Å². The van der Waals surface area contributed by atoms with Crippen molar-refractivity contribution in [3.8, 4) is 0 Å². The van der Waals surface area contributed by atoms with E-state index in [1.165, 1.54) is 4.90 Å². The summed E-state index contributed by atoms with van der Waals surface area (Å²) in [5, 5.41) is 5.47. The SMILES string of the molecule is CC1(C)NC(=O)N(CCCC(=O)NCc2ccc(N3CCOCC3)nc2)C1=O. The molecule has 0 atom stereocenters. The molecular weight excluding hydrogens is 362 g/mol. The predicted molar refractivity (Wildman–Crippen MR) is 103 cm³/mol. The Hall–Kier alpha value is -2.68. The van der Waals surface area contributed by atoms with Crippen molar-refractivity contribution in [2.75, 3.05) is 37.7 Å². The largest absolute Gasteiger partial charge is 0.378 e. The van der Waals surface area contributed by atoms with Gasteiger partial charge in [0, 0.05) is 38.8 Å². The van der Waals surface area contributed by atoms with E-state index >= 15 is 0 Å². The molecule has 2 saturated heterocycles. The Labute approximate surface area is 164 Å². The van der Waals surface area contributed by atoms with Gasteiger partial charge >= 0.3 is 6.03 Å². The van der Waals surface area contributed by atoms with Crippen LogP contribution in [0.1, 0.15) is 32.3 Å². The van der Waals surface area contributed by atoms with Gasteiger partial charge < -0.3 is 20.3 Å². The Kier molecular flexibility index (Phi) is 6.13. The van der Waals surface area contributed by atoms with Crippen LogP contribution < -0.4 is 15.5 Å². The Morgan fingerprint density at radius 1 is 1.29 bits per heavy atom. The van der Waals surface area contributed by atoms with Gasteiger partial charge in [-0.15, -0.1) is 0 Å². The van der Waals surface area contributed by atoms with Gasteiger partial charge in [-0.1, -0.05) is 6.07 Å². The molecule has 2 N–H and O–H groups in total. The zero-order valence-corrected chi connectivity index (χ0v) is 16.4. The molecule has 0 unspecified atom stereocenters. The van der Waals surface area contributed by atoms with E-state index in [1.54, 1.807) is 20.0 Å². The fourth-order valence-electron chi connectivity index (χ4n) is 3.21. The smallest absolute Gasteiger partial charge is 0.325 e. The van der Waals surface area contributed by atoms with Gasteiger partial charge in [-0.2, -0.15) is 0 Å². The first-order valence-corrected chi connectivity index (χ1v) is 9.55. The van der Waals surface area contributed by atoms with Gasteiger partial charge in [-0.25, -0.2) is 9.78 Å². The quantitative estimate of drug-likeness (QED) is 0.664. The topological polar surface area (TPSA) is 104 Å². The van der Waals surface area contributed by atoms with Crippen LogP contribution in [0, 0.1) is 0 Å². The molecule has 9 nitrogen and oxygen atoms in total. The van der Waals surface area contributed by atoms with Crippen LogP contribution in [0.15, 0.2) is 18.3 Å². The second kappa shape index (κ2) is 8.55. The molecule has 2 aliphatic rings. The molecule has 1 aromatic heterocycles. The van der Waals surface area contributed by atoms with Crippen molar-refractivity contribution >= 4 is 23.7 Å². The van der Waals surface area contributed by atoms with Crippen LogP contribution in [-0.4, -0.2) is 66.1 Å². The van der Waals surface area contributed by atoms with Crippen molar-refractivity contribution in [1.29, 1.82) is 0 Å². The molecule has 0 aromatic carbocycles. The average molecular weight is 389 g/mol. The lowest BCUT2D eigenvalue weighted by Gasteiger charge is -2.27. The van der Waals surface area contributed by atoms with Crippen LogP contribution in [0.2, 0.25) is 0 Å². The number of hydrogen-bond donors (Lipinski definition) is 2. The number of anilines is 1. The summed E-state index contributed by atoms with van der Waals surface area (Å²) in [5.41, 5.74) is 0.0425. The Bertz CT molecular complexity index is 728. The highest BCUT2D eigenvalue weighted by Gasteiger charge is 2.43. The monoisotopic (exact) mass is 389 g/mol. The van der Waals surface area contributed by atoms with Crippen LogP contribution in [0.25, 0.3) is 0 Å². The van der Waals surface area contributed by atoms with Crippen molar-refractivity contribution < 1.29 is 19.1 Å². The summed E-state index contributed by atoms with van der Waals surface area (Å²) in [4.78, 5) is 43.7.